The second kappa shape index (κ2) is 9.02. The molecule has 30 heavy (non-hydrogen) atoms. The first kappa shape index (κ1) is 20.6. The van der Waals surface area contributed by atoms with Crippen molar-refractivity contribution in [3.8, 4) is 11.4 Å². The third kappa shape index (κ3) is 4.27. The molecular formula is C24H32N4O2. The lowest BCUT2D eigenvalue weighted by Crippen LogP contribution is -2.44. The molecule has 160 valence electrons. The number of nitrogens with one attached hydrogen (secondary N) is 1. The predicted octanol–water partition coefficient (Wildman–Crippen LogP) is 3.65. The van der Waals surface area contributed by atoms with Gasteiger partial charge in [-0.05, 0) is 46.0 Å². The predicted molar refractivity (Wildman–Crippen MR) is 117 cm³/mol. The molecule has 0 atom stereocenters. The van der Waals surface area contributed by atoms with Crippen molar-refractivity contribution in [1.29, 1.82) is 0 Å². The van der Waals surface area contributed by atoms with E-state index in [1.54, 1.807) is 0 Å². The highest BCUT2D eigenvalue weighted by Gasteiger charge is 2.31. The van der Waals surface area contributed by atoms with Gasteiger partial charge in [0.25, 0.3) is 5.91 Å². The summed E-state index contributed by atoms with van der Waals surface area (Å²) in [6.07, 6.45) is 5.72. The lowest BCUT2D eigenvalue weighted by molar-refractivity contribution is -0.126. The Morgan fingerprint density at radius 1 is 1.03 bits per heavy atom. The molecule has 0 aliphatic carbocycles. The average molecular weight is 409 g/mol. The average Bonchev–Trinajstić information content (AvgIpc) is 2.94. The molecule has 1 fully saturated rings. The van der Waals surface area contributed by atoms with Gasteiger partial charge in [-0.3, -0.25) is 9.59 Å². The molecule has 2 aliphatic heterocycles. The van der Waals surface area contributed by atoms with Gasteiger partial charge in [-0.2, -0.15) is 0 Å². The maximum absolute atomic E-state index is 13.4. The Hall–Kier alpha value is -2.63. The molecule has 4 rings (SSSR count). The molecule has 6 heteroatoms. The second-order valence-electron chi connectivity index (χ2n) is 8.79. The standard InChI is InChI=1S/C24H32N4O2/c1-17(2)25-23(29)19-12-15-27(16-13-19)24(30)21-20-11-7-4-8-14-28(20)22(26-21)18-9-5-3-6-10-18/h3,5-6,9-10,17,19H,4,7-8,11-16H2,1-2H3,(H,25,29). The van der Waals surface area contributed by atoms with Gasteiger partial charge in [-0.25, -0.2) is 4.98 Å². The molecule has 6 nitrogen and oxygen atoms in total. The molecule has 2 aromatic rings. The van der Waals surface area contributed by atoms with Crippen LogP contribution in [-0.4, -0.2) is 45.4 Å². The molecule has 0 radical (unpaired) electrons. The van der Waals surface area contributed by atoms with Crippen LogP contribution in [0.2, 0.25) is 0 Å². The lowest BCUT2D eigenvalue weighted by Gasteiger charge is -2.31. The van der Waals surface area contributed by atoms with Gasteiger partial charge >= 0.3 is 0 Å². The quantitative estimate of drug-likeness (QED) is 0.840. The van der Waals surface area contributed by atoms with Crippen LogP contribution in [0.4, 0.5) is 0 Å². The number of nitrogens with zero attached hydrogens (tertiary/aromatic N) is 3. The number of piperidine rings is 1. The van der Waals surface area contributed by atoms with Crippen LogP contribution in [0, 0.1) is 5.92 Å². The fourth-order valence-electron chi connectivity index (χ4n) is 4.60. The van der Waals surface area contributed by atoms with Crippen LogP contribution in [0.25, 0.3) is 11.4 Å². The Kier molecular flexibility index (Phi) is 6.21. The largest absolute Gasteiger partial charge is 0.354 e. The van der Waals surface area contributed by atoms with Crippen LogP contribution >= 0.6 is 0 Å². The normalized spacial score (nSPS) is 17.5. The van der Waals surface area contributed by atoms with Crippen LogP contribution in [0.1, 0.15) is 62.1 Å². The van der Waals surface area contributed by atoms with E-state index in [1.807, 2.05) is 36.9 Å². The summed E-state index contributed by atoms with van der Waals surface area (Å²) in [5.41, 5.74) is 2.75. The van der Waals surface area contributed by atoms with E-state index in [2.05, 4.69) is 22.0 Å². The SMILES string of the molecule is CC(C)NC(=O)C1CCN(C(=O)c2nc(-c3ccccc3)n3c2CCCCC3)CC1. The van der Waals surface area contributed by atoms with E-state index in [1.165, 1.54) is 6.42 Å². The highest BCUT2D eigenvalue weighted by Crippen LogP contribution is 2.29. The number of aromatic nitrogens is 2. The first-order valence-electron chi connectivity index (χ1n) is 11.3. The zero-order valence-corrected chi connectivity index (χ0v) is 18.1. The van der Waals surface area contributed by atoms with Crippen molar-refractivity contribution in [3.63, 3.8) is 0 Å². The van der Waals surface area contributed by atoms with E-state index in [4.69, 9.17) is 4.98 Å². The van der Waals surface area contributed by atoms with Crippen LogP contribution in [0.15, 0.2) is 30.3 Å². The Morgan fingerprint density at radius 3 is 2.47 bits per heavy atom. The van der Waals surface area contributed by atoms with Crippen molar-refractivity contribution in [2.75, 3.05) is 13.1 Å². The molecule has 2 amide bonds. The second-order valence-corrected chi connectivity index (χ2v) is 8.79. The highest BCUT2D eigenvalue weighted by molar-refractivity contribution is 5.94. The van der Waals surface area contributed by atoms with Gasteiger partial charge in [0, 0.05) is 37.2 Å². The highest BCUT2D eigenvalue weighted by atomic mass is 16.2. The van der Waals surface area contributed by atoms with Crippen LogP contribution in [0.3, 0.4) is 0 Å². The van der Waals surface area contributed by atoms with Gasteiger partial charge in [0.15, 0.2) is 0 Å². The fourth-order valence-corrected chi connectivity index (χ4v) is 4.60. The monoisotopic (exact) mass is 408 g/mol. The summed E-state index contributed by atoms with van der Waals surface area (Å²) in [5.74, 6) is 1.03. The molecule has 1 aromatic carbocycles. The molecule has 0 saturated carbocycles. The van der Waals surface area contributed by atoms with Crippen molar-refractivity contribution in [2.24, 2.45) is 5.92 Å². The van der Waals surface area contributed by atoms with E-state index in [0.717, 1.165) is 42.9 Å². The number of hydrogen-bond acceptors (Lipinski definition) is 3. The van der Waals surface area contributed by atoms with Gasteiger partial charge in [0.1, 0.15) is 11.5 Å². The molecule has 2 aliphatic rings. The minimum atomic E-state index is -0.00422. The maximum Gasteiger partial charge on any atom is 0.274 e. The molecular weight excluding hydrogens is 376 g/mol. The van der Waals surface area contributed by atoms with Crippen molar-refractivity contribution < 1.29 is 9.59 Å². The van der Waals surface area contributed by atoms with Crippen LogP contribution < -0.4 is 5.32 Å². The molecule has 0 bridgehead atoms. The minimum Gasteiger partial charge on any atom is -0.354 e. The summed E-state index contributed by atoms with van der Waals surface area (Å²) in [6, 6.07) is 10.3. The van der Waals surface area contributed by atoms with Gasteiger partial charge in [0.2, 0.25) is 5.91 Å². The first-order chi connectivity index (χ1) is 14.5. The summed E-state index contributed by atoms with van der Waals surface area (Å²) in [5, 5.41) is 3.00. The van der Waals surface area contributed by atoms with E-state index in [0.29, 0.717) is 31.6 Å². The summed E-state index contributed by atoms with van der Waals surface area (Å²) in [7, 11) is 0. The van der Waals surface area contributed by atoms with Gasteiger partial charge in [-0.1, -0.05) is 36.8 Å². The maximum atomic E-state index is 13.4. The lowest BCUT2D eigenvalue weighted by atomic mass is 9.95. The van der Waals surface area contributed by atoms with Crippen molar-refractivity contribution in [3.05, 3.63) is 41.7 Å². The molecule has 1 N–H and O–H groups in total. The Balaban J connectivity index is 1.55. The van der Waals surface area contributed by atoms with Gasteiger partial charge in [0.05, 0.1) is 5.69 Å². The molecule has 1 aromatic heterocycles. The smallest absolute Gasteiger partial charge is 0.274 e. The number of fused-ring (bicyclic) bond motifs is 1. The summed E-state index contributed by atoms with van der Waals surface area (Å²) in [6.45, 7) is 6.10. The van der Waals surface area contributed by atoms with E-state index < -0.39 is 0 Å². The third-order valence-corrected chi connectivity index (χ3v) is 6.19. The number of benzene rings is 1. The number of amides is 2. The summed E-state index contributed by atoms with van der Waals surface area (Å²) >= 11 is 0. The van der Waals surface area contributed by atoms with Gasteiger partial charge in [-0.15, -0.1) is 0 Å². The topological polar surface area (TPSA) is 67.2 Å². The van der Waals surface area contributed by atoms with Crippen molar-refractivity contribution in [1.82, 2.24) is 19.8 Å². The fraction of sp³-hybridized carbons (Fsp3) is 0.542. The van der Waals surface area contributed by atoms with Crippen molar-refractivity contribution in [2.45, 2.75) is 65.0 Å². The Morgan fingerprint density at radius 2 is 1.77 bits per heavy atom. The van der Waals surface area contributed by atoms with Crippen molar-refractivity contribution >= 4 is 11.8 Å². The third-order valence-electron chi connectivity index (χ3n) is 6.19. The molecule has 0 unspecified atom stereocenters. The molecule has 3 heterocycles. The van der Waals surface area contributed by atoms with E-state index in [-0.39, 0.29) is 23.8 Å². The zero-order valence-electron chi connectivity index (χ0n) is 18.1. The minimum absolute atomic E-state index is 0.00422. The van der Waals surface area contributed by atoms with Gasteiger partial charge < -0.3 is 14.8 Å². The summed E-state index contributed by atoms with van der Waals surface area (Å²) in [4.78, 5) is 32.5. The number of carbonyl (C=O) groups is 2. The Bertz CT molecular complexity index is 895. The number of hydrogen-bond donors (Lipinski definition) is 1. The van der Waals surface area contributed by atoms with Crippen LogP contribution in [-0.2, 0) is 17.8 Å². The number of likely N-dealkylation sites (tertiary alicyclic amines) is 1. The zero-order chi connectivity index (χ0) is 21.1. The molecule has 0 spiro atoms. The first-order valence-corrected chi connectivity index (χ1v) is 11.3. The Labute approximate surface area is 178 Å². The number of imidazole rings is 1. The summed E-state index contributed by atoms with van der Waals surface area (Å²) < 4.78 is 2.26. The van der Waals surface area contributed by atoms with E-state index in [9.17, 15) is 9.59 Å². The van der Waals surface area contributed by atoms with Crippen LogP contribution in [0.5, 0.6) is 0 Å². The number of carbonyl (C=O) groups excluding carboxylic acids is 2. The number of rotatable bonds is 4. The molecule has 1 saturated heterocycles. The van der Waals surface area contributed by atoms with E-state index >= 15 is 0 Å².